The van der Waals surface area contributed by atoms with Crippen molar-refractivity contribution in [3.8, 4) is 0 Å². The molecule has 0 unspecified atom stereocenters. The summed E-state index contributed by atoms with van der Waals surface area (Å²) < 4.78 is 0. The first kappa shape index (κ1) is 16.1. The molecule has 0 aliphatic carbocycles. The summed E-state index contributed by atoms with van der Waals surface area (Å²) in [5.41, 5.74) is 0.984. The third-order valence-corrected chi connectivity index (χ3v) is 2.01. The summed E-state index contributed by atoms with van der Waals surface area (Å²) in [6.07, 6.45) is -0.806. The highest BCUT2D eigenvalue weighted by Gasteiger charge is 2.06. The molecular weight excluding hydrogens is 240 g/mol. The Labute approximate surface area is 104 Å². The summed E-state index contributed by atoms with van der Waals surface area (Å²) >= 11 is 0. The van der Waals surface area contributed by atoms with Gasteiger partial charge in [-0.15, -0.1) is 0 Å². The van der Waals surface area contributed by atoms with Crippen LogP contribution in [0, 0.1) is 0 Å². The van der Waals surface area contributed by atoms with Gasteiger partial charge in [0.15, 0.2) is 0 Å². The maximum absolute atomic E-state index is 9.43. The molecule has 0 spiro atoms. The molecule has 0 saturated carbocycles. The minimum Gasteiger partial charge on any atom is -0.481 e. The molecule has 0 amide bonds. The van der Waals surface area contributed by atoms with Crippen molar-refractivity contribution in [1.29, 1.82) is 0 Å². The smallest absolute Gasteiger partial charge is 0.314 e. The van der Waals surface area contributed by atoms with E-state index in [1.54, 1.807) is 0 Å². The molecule has 0 fully saturated rings. The minimum atomic E-state index is -1.31. The van der Waals surface area contributed by atoms with E-state index in [1.165, 1.54) is 0 Å². The fourth-order valence-corrected chi connectivity index (χ4v) is 1.12. The van der Waals surface area contributed by atoms with Crippen LogP contribution in [0.25, 0.3) is 0 Å². The van der Waals surface area contributed by atoms with Gasteiger partial charge in [0.1, 0.15) is 6.42 Å². The molecule has 0 radical (unpaired) electrons. The third-order valence-electron chi connectivity index (χ3n) is 2.01. The van der Waals surface area contributed by atoms with Gasteiger partial charge in [0, 0.05) is 5.92 Å². The molecule has 0 atom stereocenters. The van der Waals surface area contributed by atoms with Crippen molar-refractivity contribution in [1.82, 2.24) is 0 Å². The van der Waals surface area contributed by atoms with Gasteiger partial charge in [0.25, 0.3) is 0 Å². The standard InChI is InChI=1S/C9H12O2.C3H4O4/c10-6-9(7-11)8-4-2-1-3-5-8;4-2(5)1-3(6)7/h1-5,9-11H,6-7H2;1H2,(H,4,5)(H,6,7). The van der Waals surface area contributed by atoms with Gasteiger partial charge < -0.3 is 20.4 Å². The van der Waals surface area contributed by atoms with E-state index in [0.717, 1.165) is 5.56 Å². The van der Waals surface area contributed by atoms with E-state index in [-0.39, 0.29) is 19.1 Å². The van der Waals surface area contributed by atoms with E-state index in [9.17, 15) is 9.59 Å². The zero-order valence-electron chi connectivity index (χ0n) is 9.69. The van der Waals surface area contributed by atoms with Crippen LogP contribution in [-0.4, -0.2) is 45.6 Å². The Morgan fingerprint density at radius 2 is 1.39 bits per heavy atom. The van der Waals surface area contributed by atoms with Gasteiger partial charge in [-0.3, -0.25) is 9.59 Å². The lowest BCUT2D eigenvalue weighted by atomic mass is 10.0. The Kier molecular flexibility index (Phi) is 8.17. The Balaban J connectivity index is 0.000000360. The number of hydrogen-bond acceptors (Lipinski definition) is 4. The molecule has 0 bridgehead atoms. The second-order valence-corrected chi connectivity index (χ2v) is 3.44. The fourth-order valence-electron chi connectivity index (χ4n) is 1.12. The number of rotatable bonds is 5. The number of carbonyl (C=O) groups is 2. The molecular formula is C12H16O6. The van der Waals surface area contributed by atoms with E-state index >= 15 is 0 Å². The average molecular weight is 256 g/mol. The van der Waals surface area contributed by atoms with Crippen LogP contribution in [0.4, 0.5) is 0 Å². The van der Waals surface area contributed by atoms with Crippen molar-refractivity contribution in [2.24, 2.45) is 0 Å². The number of carboxylic acid groups (broad SMARTS) is 2. The Morgan fingerprint density at radius 1 is 0.944 bits per heavy atom. The van der Waals surface area contributed by atoms with Crippen molar-refractivity contribution in [2.75, 3.05) is 13.2 Å². The quantitative estimate of drug-likeness (QED) is 0.563. The van der Waals surface area contributed by atoms with E-state index in [4.69, 9.17) is 20.4 Å². The minimum absolute atomic E-state index is 0.000509. The molecule has 6 nitrogen and oxygen atoms in total. The molecule has 100 valence electrons. The van der Waals surface area contributed by atoms with Crippen molar-refractivity contribution in [2.45, 2.75) is 12.3 Å². The van der Waals surface area contributed by atoms with Crippen LogP contribution in [0.2, 0.25) is 0 Å². The zero-order valence-corrected chi connectivity index (χ0v) is 9.69. The first-order valence-electron chi connectivity index (χ1n) is 5.21. The lowest BCUT2D eigenvalue weighted by molar-refractivity contribution is -0.147. The number of aliphatic carboxylic acids is 2. The van der Waals surface area contributed by atoms with Gasteiger partial charge in [0.05, 0.1) is 13.2 Å². The molecule has 1 aromatic carbocycles. The molecule has 0 heterocycles. The van der Waals surface area contributed by atoms with Crippen molar-refractivity contribution in [3.05, 3.63) is 35.9 Å². The predicted molar refractivity (Wildman–Crippen MR) is 63.2 cm³/mol. The van der Waals surface area contributed by atoms with Crippen LogP contribution in [0.1, 0.15) is 17.9 Å². The van der Waals surface area contributed by atoms with E-state index in [2.05, 4.69) is 0 Å². The number of benzene rings is 1. The Morgan fingerprint density at radius 3 is 1.67 bits per heavy atom. The molecule has 0 saturated heterocycles. The second kappa shape index (κ2) is 9.15. The van der Waals surface area contributed by atoms with Crippen molar-refractivity contribution >= 4 is 11.9 Å². The van der Waals surface area contributed by atoms with Gasteiger partial charge in [-0.1, -0.05) is 30.3 Å². The van der Waals surface area contributed by atoms with Gasteiger partial charge in [0.2, 0.25) is 0 Å². The van der Waals surface area contributed by atoms with E-state index in [0.29, 0.717) is 0 Å². The summed E-state index contributed by atoms with van der Waals surface area (Å²) in [7, 11) is 0. The number of aliphatic hydroxyl groups excluding tert-OH is 2. The highest BCUT2D eigenvalue weighted by atomic mass is 16.4. The Bertz CT molecular complexity index is 346. The molecule has 0 aliphatic rings. The number of aliphatic hydroxyl groups is 2. The topological polar surface area (TPSA) is 115 Å². The summed E-state index contributed by atoms with van der Waals surface area (Å²) in [5.74, 6) is -2.75. The maximum atomic E-state index is 9.43. The lowest BCUT2D eigenvalue weighted by Gasteiger charge is -2.09. The average Bonchev–Trinajstić information content (AvgIpc) is 2.31. The number of carboxylic acids is 2. The summed E-state index contributed by atoms with van der Waals surface area (Å²) in [6, 6.07) is 9.50. The molecule has 1 rings (SSSR count). The predicted octanol–water partition coefficient (Wildman–Crippen LogP) is 0.300. The van der Waals surface area contributed by atoms with Crippen LogP contribution < -0.4 is 0 Å². The highest BCUT2D eigenvalue weighted by molar-refractivity contribution is 5.88. The van der Waals surface area contributed by atoms with Crippen LogP contribution in [-0.2, 0) is 9.59 Å². The fraction of sp³-hybridized carbons (Fsp3) is 0.333. The lowest BCUT2D eigenvalue weighted by Crippen LogP contribution is -2.08. The second-order valence-electron chi connectivity index (χ2n) is 3.44. The first-order chi connectivity index (χ1) is 8.51. The van der Waals surface area contributed by atoms with Crippen LogP contribution in [0.3, 0.4) is 0 Å². The van der Waals surface area contributed by atoms with Crippen LogP contribution in [0.5, 0.6) is 0 Å². The Hall–Kier alpha value is -1.92. The van der Waals surface area contributed by atoms with Crippen LogP contribution >= 0.6 is 0 Å². The van der Waals surface area contributed by atoms with E-state index < -0.39 is 18.4 Å². The molecule has 18 heavy (non-hydrogen) atoms. The summed E-state index contributed by atoms with van der Waals surface area (Å²) in [6.45, 7) is 0.00102. The molecule has 6 heteroatoms. The van der Waals surface area contributed by atoms with E-state index in [1.807, 2.05) is 30.3 Å². The molecule has 0 aliphatic heterocycles. The van der Waals surface area contributed by atoms with Crippen molar-refractivity contribution < 1.29 is 30.0 Å². The highest BCUT2D eigenvalue weighted by Crippen LogP contribution is 2.12. The third kappa shape index (κ3) is 7.37. The maximum Gasteiger partial charge on any atom is 0.314 e. The molecule has 1 aromatic rings. The summed E-state index contributed by atoms with van der Waals surface area (Å²) in [5, 5.41) is 33.0. The van der Waals surface area contributed by atoms with Crippen molar-refractivity contribution in [3.63, 3.8) is 0 Å². The first-order valence-corrected chi connectivity index (χ1v) is 5.21. The van der Waals surface area contributed by atoms with Gasteiger partial charge in [-0.05, 0) is 5.56 Å². The van der Waals surface area contributed by atoms with Crippen LogP contribution in [0.15, 0.2) is 30.3 Å². The van der Waals surface area contributed by atoms with Gasteiger partial charge in [-0.25, -0.2) is 0 Å². The monoisotopic (exact) mass is 256 g/mol. The number of hydrogen-bond donors (Lipinski definition) is 4. The molecule has 4 N–H and O–H groups in total. The zero-order chi connectivity index (χ0) is 14.0. The van der Waals surface area contributed by atoms with Gasteiger partial charge >= 0.3 is 11.9 Å². The SMILES string of the molecule is O=C(O)CC(=O)O.OCC(CO)c1ccccc1. The summed E-state index contributed by atoms with van der Waals surface area (Å²) in [4.78, 5) is 18.9. The normalized spacial score (nSPS) is 9.50. The largest absolute Gasteiger partial charge is 0.481 e. The molecule has 0 aromatic heterocycles. The van der Waals surface area contributed by atoms with Gasteiger partial charge in [-0.2, -0.15) is 0 Å².